The predicted octanol–water partition coefficient (Wildman–Crippen LogP) is 4.54. The van der Waals surface area contributed by atoms with Crippen LogP contribution in [-0.4, -0.2) is 0 Å². The third kappa shape index (κ3) is 2.77. The molecular formula is C17H18N2. The molecule has 2 rings (SSSR count). The van der Waals surface area contributed by atoms with Crippen molar-refractivity contribution in [2.75, 3.05) is 5.32 Å². The second-order valence-corrected chi connectivity index (χ2v) is 5.04. The quantitative estimate of drug-likeness (QED) is 0.849. The first-order chi connectivity index (χ1) is 9.01. The number of hydrogen-bond acceptors (Lipinski definition) is 2. The maximum Gasteiger partial charge on any atom is 0.0994 e. The first kappa shape index (κ1) is 13.2. The molecule has 0 saturated heterocycles. The number of rotatable bonds is 2. The Balaban J connectivity index is 2.37. The summed E-state index contributed by atoms with van der Waals surface area (Å²) in [5, 5.41) is 12.4. The van der Waals surface area contributed by atoms with Crippen molar-refractivity contribution in [1.29, 1.82) is 5.26 Å². The van der Waals surface area contributed by atoms with E-state index in [0.29, 0.717) is 0 Å². The summed E-state index contributed by atoms with van der Waals surface area (Å²) in [4.78, 5) is 0. The van der Waals surface area contributed by atoms with E-state index in [2.05, 4.69) is 44.3 Å². The van der Waals surface area contributed by atoms with E-state index in [9.17, 15) is 0 Å². The summed E-state index contributed by atoms with van der Waals surface area (Å²) in [6, 6.07) is 12.4. The molecule has 0 aliphatic heterocycles. The van der Waals surface area contributed by atoms with E-state index in [0.717, 1.165) is 22.5 Å². The van der Waals surface area contributed by atoms with Gasteiger partial charge < -0.3 is 5.32 Å². The van der Waals surface area contributed by atoms with Crippen molar-refractivity contribution in [3.8, 4) is 6.07 Å². The Hall–Kier alpha value is -2.27. The minimum atomic E-state index is 0.725. The second-order valence-electron chi connectivity index (χ2n) is 5.04. The zero-order valence-electron chi connectivity index (χ0n) is 11.8. The first-order valence-corrected chi connectivity index (χ1v) is 6.37. The number of anilines is 2. The van der Waals surface area contributed by atoms with E-state index in [1.54, 1.807) is 0 Å². The highest BCUT2D eigenvalue weighted by Gasteiger charge is 2.05. The molecule has 1 N–H and O–H groups in total. The van der Waals surface area contributed by atoms with Crippen LogP contribution in [0.5, 0.6) is 0 Å². The SMILES string of the molecule is Cc1cc(C)c(Nc2ccc(C#N)c(C)c2)c(C)c1. The van der Waals surface area contributed by atoms with Crippen LogP contribution in [0.2, 0.25) is 0 Å². The number of nitriles is 1. The molecule has 2 heteroatoms. The average molecular weight is 250 g/mol. The molecule has 0 spiro atoms. The standard InChI is InChI=1S/C17H18N2/c1-11-7-13(3)17(14(4)8-11)19-16-6-5-15(10-18)12(2)9-16/h5-9,19H,1-4H3. The highest BCUT2D eigenvalue weighted by atomic mass is 14.9. The van der Waals surface area contributed by atoms with Crippen LogP contribution in [-0.2, 0) is 0 Å². The summed E-state index contributed by atoms with van der Waals surface area (Å²) >= 11 is 0. The van der Waals surface area contributed by atoms with Gasteiger partial charge in [0.15, 0.2) is 0 Å². The molecule has 0 aliphatic rings. The van der Waals surface area contributed by atoms with Gasteiger partial charge in [0.25, 0.3) is 0 Å². The number of nitrogens with one attached hydrogen (secondary N) is 1. The number of hydrogen-bond donors (Lipinski definition) is 1. The van der Waals surface area contributed by atoms with Crippen LogP contribution in [0.15, 0.2) is 30.3 Å². The molecule has 2 aromatic carbocycles. The van der Waals surface area contributed by atoms with Crippen LogP contribution in [0.1, 0.15) is 27.8 Å². The lowest BCUT2D eigenvalue weighted by atomic mass is 10.0. The summed E-state index contributed by atoms with van der Waals surface area (Å²) in [7, 11) is 0. The Labute approximate surface area is 114 Å². The lowest BCUT2D eigenvalue weighted by molar-refractivity contribution is 1.30. The minimum absolute atomic E-state index is 0.725. The van der Waals surface area contributed by atoms with Gasteiger partial charge >= 0.3 is 0 Å². The summed E-state index contributed by atoms with van der Waals surface area (Å²) in [6.07, 6.45) is 0. The Kier molecular flexibility index (Phi) is 3.57. The fraction of sp³-hybridized carbons (Fsp3) is 0.235. The first-order valence-electron chi connectivity index (χ1n) is 6.37. The van der Waals surface area contributed by atoms with Crippen LogP contribution in [0.3, 0.4) is 0 Å². The van der Waals surface area contributed by atoms with E-state index >= 15 is 0 Å². The van der Waals surface area contributed by atoms with Gasteiger partial charge in [0.1, 0.15) is 0 Å². The highest BCUT2D eigenvalue weighted by Crippen LogP contribution is 2.26. The van der Waals surface area contributed by atoms with E-state index in [1.165, 1.54) is 16.7 Å². The molecule has 0 amide bonds. The lowest BCUT2D eigenvalue weighted by Crippen LogP contribution is -1.98. The topological polar surface area (TPSA) is 35.8 Å². The largest absolute Gasteiger partial charge is 0.355 e. The normalized spacial score (nSPS) is 10.1. The van der Waals surface area contributed by atoms with Crippen molar-refractivity contribution in [1.82, 2.24) is 0 Å². The van der Waals surface area contributed by atoms with Crippen molar-refractivity contribution in [3.63, 3.8) is 0 Å². The average Bonchev–Trinajstić information content (AvgIpc) is 2.34. The van der Waals surface area contributed by atoms with Gasteiger partial charge in [-0.3, -0.25) is 0 Å². The third-order valence-corrected chi connectivity index (χ3v) is 3.29. The molecule has 0 unspecified atom stereocenters. The van der Waals surface area contributed by atoms with Crippen LogP contribution in [0.25, 0.3) is 0 Å². The van der Waals surface area contributed by atoms with Gasteiger partial charge in [-0.15, -0.1) is 0 Å². The lowest BCUT2D eigenvalue weighted by Gasteiger charge is -2.14. The second kappa shape index (κ2) is 5.16. The monoisotopic (exact) mass is 250 g/mol. The molecule has 96 valence electrons. The molecule has 0 radical (unpaired) electrons. The number of benzene rings is 2. The Morgan fingerprint density at radius 2 is 1.53 bits per heavy atom. The van der Waals surface area contributed by atoms with Crippen LogP contribution in [0.4, 0.5) is 11.4 Å². The van der Waals surface area contributed by atoms with Crippen molar-refractivity contribution >= 4 is 11.4 Å². The molecular weight excluding hydrogens is 232 g/mol. The van der Waals surface area contributed by atoms with Gasteiger partial charge in [-0.05, 0) is 62.6 Å². The zero-order valence-corrected chi connectivity index (χ0v) is 11.8. The summed E-state index contributed by atoms with van der Waals surface area (Å²) < 4.78 is 0. The van der Waals surface area contributed by atoms with Gasteiger partial charge in [0, 0.05) is 11.4 Å². The van der Waals surface area contributed by atoms with Crippen molar-refractivity contribution in [2.45, 2.75) is 27.7 Å². The molecule has 2 nitrogen and oxygen atoms in total. The van der Waals surface area contributed by atoms with E-state index in [4.69, 9.17) is 5.26 Å². The summed E-state index contributed by atoms with van der Waals surface area (Å²) in [5.41, 5.74) is 7.63. The molecule has 0 fully saturated rings. The Morgan fingerprint density at radius 1 is 0.895 bits per heavy atom. The number of nitrogens with zero attached hydrogens (tertiary/aromatic N) is 1. The maximum atomic E-state index is 8.95. The van der Waals surface area contributed by atoms with Crippen LogP contribution < -0.4 is 5.32 Å². The summed E-state index contributed by atoms with van der Waals surface area (Å²) in [6.45, 7) is 8.28. The third-order valence-electron chi connectivity index (χ3n) is 3.29. The fourth-order valence-electron chi connectivity index (χ4n) is 2.39. The summed E-state index contributed by atoms with van der Waals surface area (Å²) in [5.74, 6) is 0. The molecule has 19 heavy (non-hydrogen) atoms. The van der Waals surface area contributed by atoms with Gasteiger partial charge in [-0.25, -0.2) is 0 Å². The molecule has 2 aromatic rings. The Bertz CT molecular complexity index is 640. The highest BCUT2D eigenvalue weighted by molar-refractivity contribution is 5.68. The van der Waals surface area contributed by atoms with E-state index < -0.39 is 0 Å². The maximum absolute atomic E-state index is 8.95. The molecule has 0 atom stereocenters. The predicted molar refractivity (Wildman–Crippen MR) is 79.8 cm³/mol. The van der Waals surface area contributed by atoms with Gasteiger partial charge in [0.2, 0.25) is 0 Å². The Morgan fingerprint density at radius 3 is 2.05 bits per heavy atom. The molecule has 0 aliphatic carbocycles. The molecule has 0 aromatic heterocycles. The molecule has 0 bridgehead atoms. The van der Waals surface area contributed by atoms with Crippen LogP contribution >= 0.6 is 0 Å². The van der Waals surface area contributed by atoms with E-state index in [-0.39, 0.29) is 0 Å². The van der Waals surface area contributed by atoms with Crippen LogP contribution in [0, 0.1) is 39.0 Å². The van der Waals surface area contributed by atoms with Crippen molar-refractivity contribution in [3.05, 3.63) is 58.1 Å². The van der Waals surface area contributed by atoms with Gasteiger partial charge in [0.05, 0.1) is 11.6 Å². The molecule has 0 saturated carbocycles. The zero-order chi connectivity index (χ0) is 14.0. The van der Waals surface area contributed by atoms with Gasteiger partial charge in [-0.2, -0.15) is 5.26 Å². The van der Waals surface area contributed by atoms with E-state index in [1.807, 2.05) is 25.1 Å². The van der Waals surface area contributed by atoms with Crippen molar-refractivity contribution < 1.29 is 0 Å². The van der Waals surface area contributed by atoms with Gasteiger partial charge in [-0.1, -0.05) is 17.7 Å². The van der Waals surface area contributed by atoms with Crippen molar-refractivity contribution in [2.24, 2.45) is 0 Å². The molecule has 0 heterocycles. The number of aryl methyl sites for hydroxylation is 4. The smallest absolute Gasteiger partial charge is 0.0994 e. The fourth-order valence-corrected chi connectivity index (χ4v) is 2.39. The minimum Gasteiger partial charge on any atom is -0.355 e.